The number of anilines is 1. The van der Waals surface area contributed by atoms with E-state index in [1.54, 1.807) is 6.07 Å². The molecule has 0 aliphatic rings. The van der Waals surface area contributed by atoms with E-state index >= 15 is 0 Å². The van der Waals surface area contributed by atoms with Crippen LogP contribution in [0.1, 0.15) is 24.5 Å². The number of hydrogen-bond acceptors (Lipinski definition) is 1. The minimum atomic E-state index is -0.228. The summed E-state index contributed by atoms with van der Waals surface area (Å²) in [4.78, 5) is 0. The van der Waals surface area contributed by atoms with Crippen LogP contribution < -0.4 is 5.32 Å². The van der Waals surface area contributed by atoms with Gasteiger partial charge in [0, 0.05) is 11.7 Å². The third kappa shape index (κ3) is 4.07. The highest BCUT2D eigenvalue weighted by Crippen LogP contribution is 2.24. The Morgan fingerprint density at radius 1 is 1.20 bits per heavy atom. The fraction of sp³-hybridized carbons (Fsp3) is 0.294. The van der Waals surface area contributed by atoms with Gasteiger partial charge < -0.3 is 5.32 Å². The van der Waals surface area contributed by atoms with Crippen molar-refractivity contribution >= 4 is 21.6 Å². The van der Waals surface area contributed by atoms with Crippen molar-refractivity contribution in [3.05, 3.63) is 63.9 Å². The molecule has 0 bridgehead atoms. The summed E-state index contributed by atoms with van der Waals surface area (Å²) in [6, 6.07) is 14.1. The van der Waals surface area contributed by atoms with Crippen LogP contribution in [0, 0.1) is 12.7 Å². The fourth-order valence-electron chi connectivity index (χ4n) is 2.17. The molecule has 1 unspecified atom stereocenters. The topological polar surface area (TPSA) is 12.0 Å². The second-order valence-electron chi connectivity index (χ2n) is 5.15. The molecule has 0 aliphatic heterocycles. The predicted molar refractivity (Wildman–Crippen MR) is 86.7 cm³/mol. The van der Waals surface area contributed by atoms with Crippen LogP contribution >= 0.6 is 15.9 Å². The molecule has 0 spiro atoms. The van der Waals surface area contributed by atoms with Gasteiger partial charge in [0.25, 0.3) is 0 Å². The molecule has 0 heterocycles. The summed E-state index contributed by atoms with van der Waals surface area (Å²) in [5, 5.41) is 3.39. The van der Waals surface area contributed by atoms with Gasteiger partial charge in [-0.15, -0.1) is 0 Å². The summed E-state index contributed by atoms with van der Waals surface area (Å²) in [5.74, 6) is -0.228. The Morgan fingerprint density at radius 2 is 1.90 bits per heavy atom. The van der Waals surface area contributed by atoms with E-state index in [0.29, 0.717) is 10.5 Å². The van der Waals surface area contributed by atoms with Crippen LogP contribution in [0.4, 0.5) is 10.1 Å². The van der Waals surface area contributed by atoms with Gasteiger partial charge in [0.2, 0.25) is 0 Å². The van der Waals surface area contributed by atoms with E-state index in [2.05, 4.69) is 52.4 Å². The summed E-state index contributed by atoms with van der Waals surface area (Å²) >= 11 is 3.20. The Bertz CT molecular complexity index is 569. The summed E-state index contributed by atoms with van der Waals surface area (Å²) in [5.41, 5.74) is 3.25. The largest absolute Gasteiger partial charge is 0.382 e. The Morgan fingerprint density at radius 3 is 2.60 bits per heavy atom. The molecule has 2 rings (SSSR count). The summed E-state index contributed by atoms with van der Waals surface area (Å²) < 4.78 is 14.1. The van der Waals surface area contributed by atoms with Crippen LogP contribution in [-0.2, 0) is 6.42 Å². The lowest BCUT2D eigenvalue weighted by atomic mass is 10.1. The maximum Gasteiger partial charge on any atom is 0.139 e. The van der Waals surface area contributed by atoms with Crippen molar-refractivity contribution in [1.82, 2.24) is 0 Å². The summed E-state index contributed by atoms with van der Waals surface area (Å²) in [6.07, 6.45) is 2.04. The highest BCUT2D eigenvalue weighted by Gasteiger charge is 2.08. The maximum absolute atomic E-state index is 13.6. The Labute approximate surface area is 128 Å². The van der Waals surface area contributed by atoms with Gasteiger partial charge in [-0.3, -0.25) is 0 Å². The van der Waals surface area contributed by atoms with Gasteiger partial charge in [-0.1, -0.05) is 30.3 Å². The molecule has 2 aromatic carbocycles. The minimum absolute atomic E-state index is 0.228. The van der Waals surface area contributed by atoms with Crippen molar-refractivity contribution in [2.24, 2.45) is 0 Å². The number of aryl methyl sites for hydroxylation is 2. The van der Waals surface area contributed by atoms with Crippen molar-refractivity contribution in [2.75, 3.05) is 5.32 Å². The van der Waals surface area contributed by atoms with E-state index in [-0.39, 0.29) is 5.82 Å². The highest BCUT2D eigenvalue weighted by atomic mass is 79.9. The minimum Gasteiger partial charge on any atom is -0.382 e. The van der Waals surface area contributed by atoms with E-state index in [1.165, 1.54) is 5.56 Å². The summed E-state index contributed by atoms with van der Waals surface area (Å²) in [7, 11) is 0. The zero-order chi connectivity index (χ0) is 14.5. The third-order valence-electron chi connectivity index (χ3n) is 3.38. The van der Waals surface area contributed by atoms with Gasteiger partial charge in [-0.05, 0) is 65.9 Å². The van der Waals surface area contributed by atoms with Gasteiger partial charge in [0.15, 0.2) is 0 Å². The molecule has 0 aliphatic carbocycles. The molecule has 0 fully saturated rings. The van der Waals surface area contributed by atoms with Gasteiger partial charge in [0.1, 0.15) is 5.82 Å². The lowest BCUT2D eigenvalue weighted by Gasteiger charge is -2.17. The molecule has 1 N–H and O–H groups in total. The molecule has 1 atom stereocenters. The molecule has 2 aromatic rings. The number of rotatable bonds is 5. The van der Waals surface area contributed by atoms with E-state index < -0.39 is 0 Å². The second kappa shape index (κ2) is 6.89. The average molecular weight is 336 g/mol. The third-order valence-corrected chi connectivity index (χ3v) is 3.99. The Hall–Kier alpha value is -1.35. The smallest absolute Gasteiger partial charge is 0.139 e. The van der Waals surface area contributed by atoms with E-state index in [1.807, 2.05) is 19.1 Å². The molecule has 3 heteroatoms. The van der Waals surface area contributed by atoms with Gasteiger partial charge >= 0.3 is 0 Å². The van der Waals surface area contributed by atoms with Gasteiger partial charge in [-0.2, -0.15) is 0 Å². The summed E-state index contributed by atoms with van der Waals surface area (Å²) in [6.45, 7) is 4.11. The molecule has 0 amide bonds. The van der Waals surface area contributed by atoms with Crippen LogP contribution in [-0.4, -0.2) is 6.04 Å². The maximum atomic E-state index is 13.6. The zero-order valence-corrected chi connectivity index (χ0v) is 13.4. The molecule has 20 heavy (non-hydrogen) atoms. The molecular formula is C17H19BrFN. The lowest BCUT2D eigenvalue weighted by Crippen LogP contribution is -2.17. The van der Waals surface area contributed by atoms with Crippen molar-refractivity contribution in [2.45, 2.75) is 32.7 Å². The van der Waals surface area contributed by atoms with Crippen molar-refractivity contribution in [1.29, 1.82) is 0 Å². The monoisotopic (exact) mass is 335 g/mol. The quantitative estimate of drug-likeness (QED) is 0.778. The first kappa shape index (κ1) is 15.0. The molecule has 106 valence electrons. The van der Waals surface area contributed by atoms with Crippen molar-refractivity contribution in [3.8, 4) is 0 Å². The van der Waals surface area contributed by atoms with Gasteiger partial charge in [0.05, 0.1) is 4.47 Å². The van der Waals surface area contributed by atoms with E-state index in [9.17, 15) is 4.39 Å². The van der Waals surface area contributed by atoms with Crippen molar-refractivity contribution in [3.63, 3.8) is 0 Å². The van der Waals surface area contributed by atoms with Crippen molar-refractivity contribution < 1.29 is 4.39 Å². The first-order chi connectivity index (χ1) is 9.56. The number of nitrogens with one attached hydrogen (secondary N) is 1. The normalized spacial score (nSPS) is 12.2. The molecular weight excluding hydrogens is 317 g/mol. The fourth-order valence-corrected chi connectivity index (χ4v) is 2.63. The SMILES string of the molecule is Cc1cc(Br)c(F)cc1NC(C)CCc1ccccc1. The zero-order valence-electron chi connectivity index (χ0n) is 11.8. The lowest BCUT2D eigenvalue weighted by molar-refractivity contribution is 0.620. The van der Waals surface area contributed by atoms with Crippen LogP contribution in [0.2, 0.25) is 0 Å². The van der Waals surface area contributed by atoms with E-state index in [0.717, 1.165) is 24.1 Å². The van der Waals surface area contributed by atoms with Crippen LogP contribution in [0.5, 0.6) is 0 Å². The highest BCUT2D eigenvalue weighted by molar-refractivity contribution is 9.10. The van der Waals surface area contributed by atoms with Crippen LogP contribution in [0.15, 0.2) is 46.9 Å². The van der Waals surface area contributed by atoms with Crippen LogP contribution in [0.3, 0.4) is 0 Å². The number of benzene rings is 2. The first-order valence-corrected chi connectivity index (χ1v) is 7.61. The Balaban J connectivity index is 1.95. The molecule has 0 aromatic heterocycles. The first-order valence-electron chi connectivity index (χ1n) is 6.82. The van der Waals surface area contributed by atoms with E-state index in [4.69, 9.17) is 0 Å². The number of hydrogen-bond donors (Lipinski definition) is 1. The molecule has 1 nitrogen and oxygen atoms in total. The van der Waals surface area contributed by atoms with Crippen LogP contribution in [0.25, 0.3) is 0 Å². The molecule has 0 radical (unpaired) electrons. The Kier molecular flexibility index (Phi) is 5.18. The standard InChI is InChI=1S/C17H19BrFN/c1-12-10-15(18)16(19)11-17(12)20-13(2)8-9-14-6-4-3-5-7-14/h3-7,10-11,13,20H,8-9H2,1-2H3. The molecule has 0 saturated heterocycles. The number of halogens is 2. The van der Waals surface area contributed by atoms with Gasteiger partial charge in [-0.25, -0.2) is 4.39 Å². The molecule has 0 saturated carbocycles. The average Bonchev–Trinajstić information content (AvgIpc) is 2.44. The second-order valence-corrected chi connectivity index (χ2v) is 6.01. The predicted octanol–water partition coefficient (Wildman–Crippen LogP) is 5.33.